The molecule has 5 heteroatoms. The van der Waals surface area contributed by atoms with Gasteiger partial charge in [-0.15, -0.1) is 0 Å². The Hall–Kier alpha value is -1.52. The van der Waals surface area contributed by atoms with Crippen LogP contribution < -0.4 is 0 Å². The number of amides is 1. The van der Waals surface area contributed by atoms with E-state index < -0.39 is 5.60 Å². The predicted octanol–water partition coefficient (Wildman–Crippen LogP) is 2.53. The van der Waals surface area contributed by atoms with E-state index in [-0.39, 0.29) is 6.09 Å². The van der Waals surface area contributed by atoms with E-state index in [9.17, 15) is 4.79 Å². The summed E-state index contributed by atoms with van der Waals surface area (Å²) in [7, 11) is 1.96. The topological polar surface area (TPSA) is 47.4 Å². The molecular weight excluding hydrogens is 242 g/mol. The maximum Gasteiger partial charge on any atom is 0.410 e. The molecule has 1 aliphatic heterocycles. The Bertz CT molecular complexity index is 448. The van der Waals surface area contributed by atoms with Crippen molar-refractivity contribution in [1.82, 2.24) is 14.5 Å². The fraction of sp³-hybridized carbons (Fsp3) is 0.714. The number of aromatic nitrogens is 2. The fourth-order valence-corrected chi connectivity index (χ4v) is 2.35. The van der Waals surface area contributed by atoms with Crippen molar-refractivity contribution in [3.05, 3.63) is 18.2 Å². The molecule has 0 radical (unpaired) electrons. The van der Waals surface area contributed by atoms with Crippen LogP contribution in [-0.4, -0.2) is 39.2 Å². The lowest BCUT2D eigenvalue weighted by Crippen LogP contribution is -2.42. The van der Waals surface area contributed by atoms with E-state index in [1.165, 1.54) is 0 Å². The summed E-state index contributed by atoms with van der Waals surface area (Å²) in [5.41, 5.74) is 0.630. The van der Waals surface area contributed by atoms with Crippen molar-refractivity contribution in [1.29, 1.82) is 0 Å². The average Bonchev–Trinajstić information content (AvgIpc) is 2.74. The van der Waals surface area contributed by atoms with Gasteiger partial charge in [-0.05, 0) is 33.6 Å². The third kappa shape index (κ3) is 3.72. The molecule has 1 fully saturated rings. The normalized spacial score (nSPS) is 20.4. The number of rotatable bonds is 1. The number of carbonyl (C=O) groups excluding carboxylic acids is 1. The van der Waals surface area contributed by atoms with Gasteiger partial charge in [0, 0.05) is 32.3 Å². The molecule has 0 spiro atoms. The first-order valence-corrected chi connectivity index (χ1v) is 6.81. The second-order valence-electron chi connectivity index (χ2n) is 6.23. The van der Waals surface area contributed by atoms with E-state index in [1.54, 1.807) is 4.90 Å². The number of hydrogen-bond acceptors (Lipinski definition) is 3. The highest BCUT2D eigenvalue weighted by atomic mass is 16.6. The molecule has 1 aromatic rings. The van der Waals surface area contributed by atoms with Crippen LogP contribution in [-0.2, 0) is 11.8 Å². The molecule has 2 heterocycles. The Morgan fingerprint density at radius 3 is 2.79 bits per heavy atom. The van der Waals surface area contributed by atoms with Gasteiger partial charge in [0.25, 0.3) is 0 Å². The number of hydrogen-bond donors (Lipinski definition) is 0. The minimum atomic E-state index is -0.435. The van der Waals surface area contributed by atoms with E-state index in [0.29, 0.717) is 12.5 Å². The molecular formula is C14H23N3O2. The molecule has 1 aromatic heterocycles. The third-order valence-corrected chi connectivity index (χ3v) is 3.22. The Kier molecular flexibility index (Phi) is 3.83. The SMILES string of the molecule is Cn1cnc(C2CCCN(C(=O)OC(C)(C)C)C2)c1. The van der Waals surface area contributed by atoms with Gasteiger partial charge < -0.3 is 14.2 Å². The van der Waals surface area contributed by atoms with Gasteiger partial charge in [-0.1, -0.05) is 0 Å². The summed E-state index contributed by atoms with van der Waals surface area (Å²) in [4.78, 5) is 18.3. The van der Waals surface area contributed by atoms with Crippen molar-refractivity contribution < 1.29 is 9.53 Å². The highest BCUT2D eigenvalue weighted by molar-refractivity contribution is 5.68. The highest BCUT2D eigenvalue weighted by Crippen LogP contribution is 2.26. The number of piperidine rings is 1. The van der Waals surface area contributed by atoms with Crippen LogP contribution in [0.4, 0.5) is 4.79 Å². The van der Waals surface area contributed by atoms with Gasteiger partial charge in [-0.3, -0.25) is 0 Å². The first-order valence-electron chi connectivity index (χ1n) is 6.81. The fourth-order valence-electron chi connectivity index (χ4n) is 2.35. The van der Waals surface area contributed by atoms with Crippen molar-refractivity contribution >= 4 is 6.09 Å². The van der Waals surface area contributed by atoms with Gasteiger partial charge in [0.2, 0.25) is 0 Å². The second-order valence-corrected chi connectivity index (χ2v) is 6.23. The van der Waals surface area contributed by atoms with Crippen molar-refractivity contribution in [2.24, 2.45) is 7.05 Å². The van der Waals surface area contributed by atoms with Crippen molar-refractivity contribution in [2.75, 3.05) is 13.1 Å². The molecule has 0 aliphatic carbocycles. The lowest BCUT2D eigenvalue weighted by Gasteiger charge is -2.33. The minimum absolute atomic E-state index is 0.215. The van der Waals surface area contributed by atoms with Crippen molar-refractivity contribution in [3.63, 3.8) is 0 Å². The standard InChI is InChI=1S/C14H23N3O2/c1-14(2,3)19-13(18)17-7-5-6-11(8-17)12-9-16(4)10-15-12/h9-11H,5-8H2,1-4H3. The molecule has 1 atom stereocenters. The monoisotopic (exact) mass is 265 g/mol. The summed E-state index contributed by atoms with van der Waals surface area (Å²) >= 11 is 0. The molecule has 5 nitrogen and oxygen atoms in total. The molecule has 0 saturated carbocycles. The van der Waals surface area contributed by atoms with E-state index >= 15 is 0 Å². The lowest BCUT2D eigenvalue weighted by atomic mass is 9.95. The Balaban J connectivity index is 1.99. The van der Waals surface area contributed by atoms with Crippen LogP contribution in [0.5, 0.6) is 0 Å². The number of likely N-dealkylation sites (tertiary alicyclic amines) is 1. The van der Waals surface area contributed by atoms with Crippen LogP contribution in [0.2, 0.25) is 0 Å². The summed E-state index contributed by atoms with van der Waals surface area (Å²) in [5.74, 6) is 0.322. The van der Waals surface area contributed by atoms with Gasteiger partial charge in [-0.25, -0.2) is 9.78 Å². The number of ether oxygens (including phenoxy) is 1. The van der Waals surface area contributed by atoms with Gasteiger partial charge in [0.1, 0.15) is 5.60 Å². The minimum Gasteiger partial charge on any atom is -0.444 e. The van der Waals surface area contributed by atoms with E-state index in [1.807, 2.05) is 44.9 Å². The molecule has 1 saturated heterocycles. The first kappa shape index (κ1) is 13.9. The third-order valence-electron chi connectivity index (χ3n) is 3.22. The van der Waals surface area contributed by atoms with E-state index in [0.717, 1.165) is 25.1 Å². The second kappa shape index (κ2) is 5.23. The smallest absolute Gasteiger partial charge is 0.410 e. The average molecular weight is 265 g/mol. The number of aryl methyl sites for hydroxylation is 1. The largest absolute Gasteiger partial charge is 0.444 e. The zero-order valence-corrected chi connectivity index (χ0v) is 12.2. The summed E-state index contributed by atoms with van der Waals surface area (Å²) < 4.78 is 7.37. The molecule has 1 unspecified atom stereocenters. The number of carbonyl (C=O) groups is 1. The quantitative estimate of drug-likeness (QED) is 0.784. The number of imidazole rings is 1. The van der Waals surface area contributed by atoms with Crippen LogP contribution in [0.15, 0.2) is 12.5 Å². The summed E-state index contributed by atoms with van der Waals surface area (Å²) in [6.07, 6.45) is 5.70. The van der Waals surface area contributed by atoms with E-state index in [4.69, 9.17) is 4.74 Å². The predicted molar refractivity (Wildman–Crippen MR) is 73.0 cm³/mol. The number of nitrogens with zero attached hydrogens (tertiary/aromatic N) is 3. The van der Waals surface area contributed by atoms with Crippen LogP contribution in [0.25, 0.3) is 0 Å². The lowest BCUT2D eigenvalue weighted by molar-refractivity contribution is 0.0197. The molecule has 0 aromatic carbocycles. The van der Waals surface area contributed by atoms with E-state index in [2.05, 4.69) is 4.98 Å². The zero-order valence-electron chi connectivity index (χ0n) is 12.2. The summed E-state index contributed by atoms with van der Waals surface area (Å²) in [6.45, 7) is 7.16. The molecule has 0 N–H and O–H groups in total. The van der Waals surface area contributed by atoms with Gasteiger partial charge in [-0.2, -0.15) is 0 Å². The van der Waals surface area contributed by atoms with Crippen molar-refractivity contribution in [3.8, 4) is 0 Å². The Morgan fingerprint density at radius 1 is 1.47 bits per heavy atom. The highest BCUT2D eigenvalue weighted by Gasteiger charge is 2.29. The van der Waals surface area contributed by atoms with Crippen LogP contribution in [0.1, 0.15) is 45.2 Å². The molecule has 1 amide bonds. The van der Waals surface area contributed by atoms with Gasteiger partial charge in [0.15, 0.2) is 0 Å². The molecule has 2 rings (SSSR count). The van der Waals surface area contributed by atoms with Crippen molar-refractivity contribution in [2.45, 2.75) is 45.1 Å². The maximum atomic E-state index is 12.1. The molecule has 19 heavy (non-hydrogen) atoms. The van der Waals surface area contributed by atoms with Gasteiger partial charge >= 0.3 is 6.09 Å². The van der Waals surface area contributed by atoms with Crippen LogP contribution >= 0.6 is 0 Å². The molecule has 106 valence electrons. The Morgan fingerprint density at radius 2 is 2.21 bits per heavy atom. The molecule has 0 bridgehead atoms. The first-order chi connectivity index (χ1) is 8.85. The maximum absolute atomic E-state index is 12.1. The zero-order chi connectivity index (χ0) is 14.0. The van der Waals surface area contributed by atoms with Crippen LogP contribution in [0.3, 0.4) is 0 Å². The molecule has 1 aliphatic rings. The van der Waals surface area contributed by atoms with Gasteiger partial charge in [0.05, 0.1) is 12.0 Å². The van der Waals surface area contributed by atoms with Crippen LogP contribution in [0, 0.1) is 0 Å². The summed E-state index contributed by atoms with van der Waals surface area (Å²) in [5, 5.41) is 0. The summed E-state index contributed by atoms with van der Waals surface area (Å²) in [6, 6.07) is 0. The Labute approximate surface area is 114 Å².